The first-order valence-corrected chi connectivity index (χ1v) is 10.4. The fraction of sp³-hybridized carbons (Fsp3) is 0.174. The van der Waals surface area contributed by atoms with E-state index in [2.05, 4.69) is 10.3 Å². The molecule has 31 heavy (non-hydrogen) atoms. The van der Waals surface area contributed by atoms with E-state index < -0.39 is 6.04 Å². The Morgan fingerprint density at radius 3 is 2.58 bits per heavy atom. The molecule has 0 radical (unpaired) electrons. The smallest absolute Gasteiger partial charge is 0.243 e. The highest BCUT2D eigenvalue weighted by Gasteiger charge is 2.22. The Hall–Kier alpha value is -2.96. The average molecular weight is 457 g/mol. The highest BCUT2D eigenvalue weighted by Crippen LogP contribution is 2.31. The molecule has 1 amide bonds. The molecule has 0 aliphatic carbocycles. The number of fused-ring (bicyclic) bond motifs is 1. The standard InChI is InChI=1S/C23H19Cl2FN4O/c1-14(23(31)28-13-16-3-2-8-27-12-16)30-21-11-19(25)18(24)10-20(21)29-22(30)9-15-4-6-17(26)7-5-15/h2-8,10-12,14H,9,13H2,1H3,(H,28,31). The quantitative estimate of drug-likeness (QED) is 0.425. The van der Waals surface area contributed by atoms with Crippen LogP contribution in [-0.4, -0.2) is 20.4 Å². The molecular formula is C23H19Cl2FN4O. The van der Waals surface area contributed by atoms with Gasteiger partial charge in [0.2, 0.25) is 5.91 Å². The van der Waals surface area contributed by atoms with Crippen LogP contribution in [-0.2, 0) is 17.8 Å². The molecule has 1 N–H and O–H groups in total. The largest absolute Gasteiger partial charge is 0.350 e. The topological polar surface area (TPSA) is 59.8 Å². The van der Waals surface area contributed by atoms with Crippen LogP contribution in [0.15, 0.2) is 60.9 Å². The maximum Gasteiger partial charge on any atom is 0.243 e. The number of aromatic nitrogens is 3. The van der Waals surface area contributed by atoms with Crippen LogP contribution >= 0.6 is 23.2 Å². The molecule has 0 aliphatic heterocycles. The zero-order chi connectivity index (χ0) is 22.0. The van der Waals surface area contributed by atoms with Crippen LogP contribution in [0, 0.1) is 5.82 Å². The van der Waals surface area contributed by atoms with Gasteiger partial charge < -0.3 is 9.88 Å². The normalized spacial score (nSPS) is 12.1. The van der Waals surface area contributed by atoms with Crippen molar-refractivity contribution in [1.29, 1.82) is 0 Å². The summed E-state index contributed by atoms with van der Waals surface area (Å²) in [6.07, 6.45) is 3.81. The summed E-state index contributed by atoms with van der Waals surface area (Å²) in [5, 5.41) is 3.71. The van der Waals surface area contributed by atoms with Gasteiger partial charge in [0.05, 0.1) is 21.1 Å². The Bertz CT molecular complexity index is 1230. The molecule has 0 aliphatic rings. The third-order valence-electron chi connectivity index (χ3n) is 5.04. The van der Waals surface area contributed by atoms with E-state index in [1.165, 1.54) is 12.1 Å². The average Bonchev–Trinajstić information content (AvgIpc) is 3.10. The molecular weight excluding hydrogens is 438 g/mol. The van der Waals surface area contributed by atoms with Crippen molar-refractivity contribution in [2.75, 3.05) is 0 Å². The van der Waals surface area contributed by atoms with Crippen molar-refractivity contribution in [3.8, 4) is 0 Å². The van der Waals surface area contributed by atoms with Crippen molar-refractivity contribution in [2.24, 2.45) is 0 Å². The van der Waals surface area contributed by atoms with Gasteiger partial charge in [0, 0.05) is 25.4 Å². The number of carbonyl (C=O) groups is 1. The molecule has 0 fully saturated rings. The summed E-state index contributed by atoms with van der Waals surface area (Å²) < 4.78 is 15.2. The molecule has 4 rings (SSSR count). The number of hydrogen-bond acceptors (Lipinski definition) is 3. The lowest BCUT2D eigenvalue weighted by Crippen LogP contribution is -2.31. The second-order valence-electron chi connectivity index (χ2n) is 7.21. The third-order valence-corrected chi connectivity index (χ3v) is 5.76. The van der Waals surface area contributed by atoms with Crippen LogP contribution in [0.5, 0.6) is 0 Å². The van der Waals surface area contributed by atoms with Crippen LogP contribution in [0.25, 0.3) is 11.0 Å². The number of hydrogen-bond donors (Lipinski definition) is 1. The first-order chi connectivity index (χ1) is 14.9. The van der Waals surface area contributed by atoms with Crippen LogP contribution in [0.1, 0.15) is 29.9 Å². The number of nitrogens with one attached hydrogen (secondary N) is 1. The Morgan fingerprint density at radius 2 is 1.87 bits per heavy atom. The number of rotatable bonds is 6. The van der Waals surface area contributed by atoms with Gasteiger partial charge in [-0.05, 0) is 48.4 Å². The van der Waals surface area contributed by atoms with Crippen LogP contribution < -0.4 is 5.32 Å². The molecule has 1 unspecified atom stereocenters. The molecule has 2 heterocycles. The summed E-state index contributed by atoms with van der Waals surface area (Å²) in [4.78, 5) is 21.7. The van der Waals surface area contributed by atoms with Gasteiger partial charge in [0.1, 0.15) is 17.7 Å². The zero-order valence-corrected chi connectivity index (χ0v) is 18.2. The molecule has 4 aromatic rings. The highest BCUT2D eigenvalue weighted by molar-refractivity contribution is 6.42. The Balaban J connectivity index is 1.68. The maximum atomic E-state index is 13.3. The van der Waals surface area contributed by atoms with Crippen LogP contribution in [0.3, 0.4) is 0 Å². The molecule has 2 aromatic carbocycles. The minimum Gasteiger partial charge on any atom is -0.350 e. The summed E-state index contributed by atoms with van der Waals surface area (Å²) in [5.74, 6) is 0.178. The van der Waals surface area contributed by atoms with E-state index in [-0.39, 0.29) is 11.7 Å². The van der Waals surface area contributed by atoms with Crippen molar-refractivity contribution in [3.63, 3.8) is 0 Å². The third kappa shape index (κ3) is 4.70. The minimum atomic E-state index is -0.561. The lowest BCUT2D eigenvalue weighted by molar-refractivity contribution is -0.124. The number of halogens is 3. The molecule has 8 heteroatoms. The van der Waals surface area contributed by atoms with Gasteiger partial charge in [-0.2, -0.15) is 0 Å². The van der Waals surface area contributed by atoms with Crippen molar-refractivity contribution in [3.05, 3.63) is 93.7 Å². The van der Waals surface area contributed by atoms with Gasteiger partial charge in [0.15, 0.2) is 0 Å². The summed E-state index contributed by atoms with van der Waals surface area (Å²) in [6.45, 7) is 2.17. The molecule has 2 aromatic heterocycles. The van der Waals surface area contributed by atoms with E-state index in [4.69, 9.17) is 28.2 Å². The number of nitrogens with zero attached hydrogens (tertiary/aromatic N) is 3. The molecule has 0 saturated carbocycles. The molecule has 0 bridgehead atoms. The Labute approximate surface area is 188 Å². The summed E-state index contributed by atoms with van der Waals surface area (Å²) >= 11 is 12.4. The van der Waals surface area contributed by atoms with E-state index in [1.807, 2.05) is 16.7 Å². The lowest BCUT2D eigenvalue weighted by Gasteiger charge is -2.18. The van der Waals surface area contributed by atoms with Gasteiger partial charge in [-0.3, -0.25) is 9.78 Å². The van der Waals surface area contributed by atoms with E-state index in [1.54, 1.807) is 43.6 Å². The fourth-order valence-corrected chi connectivity index (χ4v) is 3.75. The molecule has 5 nitrogen and oxygen atoms in total. The summed E-state index contributed by atoms with van der Waals surface area (Å²) in [5.41, 5.74) is 3.12. The number of benzene rings is 2. The van der Waals surface area contributed by atoms with Gasteiger partial charge in [-0.1, -0.05) is 41.4 Å². The van der Waals surface area contributed by atoms with E-state index in [9.17, 15) is 9.18 Å². The van der Waals surface area contributed by atoms with Crippen LogP contribution in [0.4, 0.5) is 4.39 Å². The SMILES string of the molecule is CC(C(=O)NCc1cccnc1)n1c(Cc2ccc(F)cc2)nc2cc(Cl)c(Cl)cc21. The number of imidazole rings is 1. The predicted molar refractivity (Wildman–Crippen MR) is 120 cm³/mol. The Morgan fingerprint density at radius 1 is 1.13 bits per heavy atom. The van der Waals surface area contributed by atoms with Gasteiger partial charge in [0.25, 0.3) is 0 Å². The van der Waals surface area contributed by atoms with E-state index >= 15 is 0 Å². The van der Waals surface area contributed by atoms with E-state index in [0.717, 1.165) is 11.1 Å². The second-order valence-corrected chi connectivity index (χ2v) is 8.03. The summed E-state index contributed by atoms with van der Waals surface area (Å²) in [6, 6.07) is 12.8. The molecule has 1 atom stereocenters. The lowest BCUT2D eigenvalue weighted by atomic mass is 10.1. The molecule has 0 saturated heterocycles. The van der Waals surface area contributed by atoms with Gasteiger partial charge in [-0.25, -0.2) is 9.37 Å². The summed E-state index contributed by atoms with van der Waals surface area (Å²) in [7, 11) is 0. The predicted octanol–water partition coefficient (Wildman–Crippen LogP) is 5.35. The van der Waals surface area contributed by atoms with Crippen LogP contribution in [0.2, 0.25) is 10.0 Å². The Kier molecular flexibility index (Phi) is 6.20. The first kappa shape index (κ1) is 21.3. The molecule has 0 spiro atoms. The maximum absolute atomic E-state index is 13.3. The van der Waals surface area contributed by atoms with Gasteiger partial charge in [-0.15, -0.1) is 0 Å². The number of carbonyl (C=O) groups excluding carboxylic acids is 1. The zero-order valence-electron chi connectivity index (χ0n) is 16.6. The monoisotopic (exact) mass is 456 g/mol. The highest BCUT2D eigenvalue weighted by atomic mass is 35.5. The minimum absolute atomic E-state index is 0.172. The van der Waals surface area contributed by atoms with Gasteiger partial charge >= 0.3 is 0 Å². The van der Waals surface area contributed by atoms with Crippen molar-refractivity contribution in [1.82, 2.24) is 19.9 Å². The van der Waals surface area contributed by atoms with Crippen molar-refractivity contribution >= 4 is 40.1 Å². The second kappa shape index (κ2) is 9.04. The first-order valence-electron chi connectivity index (χ1n) is 9.69. The molecule has 158 valence electrons. The number of pyridine rings is 1. The van der Waals surface area contributed by atoms with E-state index in [0.29, 0.717) is 39.9 Å². The van der Waals surface area contributed by atoms with Crippen molar-refractivity contribution < 1.29 is 9.18 Å². The number of amides is 1. The fourth-order valence-electron chi connectivity index (χ4n) is 3.44. The van der Waals surface area contributed by atoms with Crippen molar-refractivity contribution in [2.45, 2.75) is 25.9 Å².